The van der Waals surface area contributed by atoms with Crippen LogP contribution in [0.25, 0.3) is 0 Å². The van der Waals surface area contributed by atoms with E-state index in [1.165, 1.54) is 0 Å². The van der Waals surface area contributed by atoms with E-state index < -0.39 is 28.7 Å². The van der Waals surface area contributed by atoms with Gasteiger partial charge < -0.3 is 30.1 Å². The zero-order valence-electron chi connectivity index (χ0n) is 25.3. The van der Waals surface area contributed by atoms with Gasteiger partial charge in [-0.3, -0.25) is 19.3 Å². The number of carbonyl (C=O) groups excluding carboxylic acids is 3. The van der Waals surface area contributed by atoms with Gasteiger partial charge in [0.2, 0.25) is 17.7 Å². The number of ether oxygens (including phenoxy) is 2. The van der Waals surface area contributed by atoms with Crippen molar-refractivity contribution >= 4 is 35.2 Å². The van der Waals surface area contributed by atoms with E-state index in [0.717, 1.165) is 25.1 Å². The summed E-state index contributed by atoms with van der Waals surface area (Å²) in [7, 11) is 0. The molecule has 10 nitrogen and oxygen atoms in total. The summed E-state index contributed by atoms with van der Waals surface area (Å²) >= 11 is 1.63. The van der Waals surface area contributed by atoms with Gasteiger partial charge in [0.15, 0.2) is 0 Å². The molecular weight excluding hydrogens is 580 g/mol. The first-order valence-corrected chi connectivity index (χ1v) is 16.5. The molecule has 11 heteroatoms. The maximum Gasteiger partial charge on any atom is 0.244 e. The monoisotopic (exact) mass is 622 g/mol. The van der Waals surface area contributed by atoms with Crippen LogP contribution in [-0.4, -0.2) is 101 Å². The molecule has 0 radical (unpaired) electrons. The highest BCUT2D eigenvalue weighted by atomic mass is 32.2. The highest BCUT2D eigenvalue weighted by molar-refractivity contribution is 8.02. The predicted octanol–water partition coefficient (Wildman–Crippen LogP) is 2.54. The number of aliphatic hydroxyl groups excluding tert-OH is 1. The van der Waals surface area contributed by atoms with E-state index in [9.17, 15) is 19.5 Å². The summed E-state index contributed by atoms with van der Waals surface area (Å²) in [5.41, 5.74) is 1.39. The van der Waals surface area contributed by atoms with Gasteiger partial charge in [0.1, 0.15) is 11.8 Å². The summed E-state index contributed by atoms with van der Waals surface area (Å²) in [4.78, 5) is 46.7. The van der Waals surface area contributed by atoms with Crippen LogP contribution < -0.4 is 15.4 Å². The Labute approximate surface area is 262 Å². The quantitative estimate of drug-likeness (QED) is 0.350. The lowest BCUT2D eigenvalue weighted by Crippen LogP contribution is -2.57. The molecule has 2 aromatic carbocycles. The first kappa shape index (κ1) is 30.9. The van der Waals surface area contributed by atoms with Crippen molar-refractivity contribution in [3.63, 3.8) is 0 Å². The molecule has 6 rings (SSSR count). The van der Waals surface area contributed by atoms with Crippen molar-refractivity contribution in [1.82, 2.24) is 15.1 Å². The Balaban J connectivity index is 1.30. The molecule has 44 heavy (non-hydrogen) atoms. The van der Waals surface area contributed by atoms with Gasteiger partial charge >= 0.3 is 0 Å². The smallest absolute Gasteiger partial charge is 0.244 e. The summed E-state index contributed by atoms with van der Waals surface area (Å²) in [5, 5.41) is 16.8. The second-order valence-corrected chi connectivity index (χ2v) is 13.6. The van der Waals surface area contributed by atoms with Gasteiger partial charge in [-0.1, -0.05) is 37.3 Å². The third-order valence-electron chi connectivity index (χ3n) is 9.69. The van der Waals surface area contributed by atoms with Crippen LogP contribution in [0.4, 0.5) is 5.69 Å². The fourth-order valence-corrected chi connectivity index (χ4v) is 10.1. The van der Waals surface area contributed by atoms with Crippen LogP contribution in [0.5, 0.6) is 5.75 Å². The third kappa shape index (κ3) is 5.48. The molecule has 3 amide bonds. The van der Waals surface area contributed by atoms with E-state index in [4.69, 9.17) is 9.47 Å². The summed E-state index contributed by atoms with van der Waals surface area (Å²) in [6.07, 6.45) is 0.732. The van der Waals surface area contributed by atoms with E-state index in [0.29, 0.717) is 44.3 Å². The van der Waals surface area contributed by atoms with E-state index in [1.807, 2.05) is 49.4 Å². The number of anilines is 1. The number of fused-ring (bicyclic) bond motifs is 1. The van der Waals surface area contributed by atoms with Gasteiger partial charge in [-0.25, -0.2) is 0 Å². The number of likely N-dealkylation sites (tertiary alicyclic amines) is 1. The zero-order chi connectivity index (χ0) is 30.8. The average molecular weight is 623 g/mol. The minimum atomic E-state index is -0.824. The molecule has 0 aliphatic carbocycles. The topological polar surface area (TPSA) is 120 Å². The molecule has 236 valence electrons. The number of morpholine rings is 1. The van der Waals surface area contributed by atoms with Gasteiger partial charge in [0.05, 0.1) is 49.1 Å². The van der Waals surface area contributed by atoms with Crippen LogP contribution in [0.2, 0.25) is 0 Å². The average Bonchev–Trinajstić information content (AvgIpc) is 3.63. The van der Waals surface area contributed by atoms with E-state index in [2.05, 4.69) is 22.5 Å². The van der Waals surface area contributed by atoms with Crippen LogP contribution in [0.3, 0.4) is 0 Å². The highest BCUT2D eigenvalue weighted by Gasteiger charge is 2.76. The molecule has 4 aliphatic heterocycles. The van der Waals surface area contributed by atoms with Crippen molar-refractivity contribution in [2.75, 3.05) is 57.9 Å². The Bertz CT molecular complexity index is 1340. The Morgan fingerprint density at radius 1 is 1.11 bits per heavy atom. The van der Waals surface area contributed by atoms with Gasteiger partial charge in [0, 0.05) is 37.1 Å². The molecule has 4 fully saturated rings. The maximum absolute atomic E-state index is 14.6. The molecule has 2 bridgehead atoms. The van der Waals surface area contributed by atoms with Crippen LogP contribution in [0.15, 0.2) is 54.6 Å². The SMILES string of the molecule is CCOc1ccc(NC(=O)[C@@H]2[C@@H]3CC(C)C4(S3)C(C(=O)NCCN3CCOCC3)N([C@H](CO)c3ccccc3)C(=O)[C@H]24)cc1. The molecule has 2 aromatic rings. The van der Waals surface area contributed by atoms with Gasteiger partial charge in [-0.2, -0.15) is 0 Å². The van der Waals surface area contributed by atoms with Crippen LogP contribution >= 0.6 is 11.8 Å². The lowest BCUT2D eigenvalue weighted by atomic mass is 9.66. The van der Waals surface area contributed by atoms with E-state index >= 15 is 0 Å². The Hall–Kier alpha value is -3.12. The third-order valence-corrected chi connectivity index (χ3v) is 11.8. The molecule has 4 saturated heterocycles. The molecule has 0 saturated carbocycles. The number of rotatable bonds is 11. The van der Waals surface area contributed by atoms with Crippen LogP contribution in [-0.2, 0) is 19.1 Å². The molecular formula is C33H42N4O6S. The molecule has 4 heterocycles. The van der Waals surface area contributed by atoms with Gasteiger partial charge in [-0.05, 0) is 49.1 Å². The van der Waals surface area contributed by atoms with Crippen molar-refractivity contribution in [2.45, 2.75) is 42.3 Å². The molecule has 3 unspecified atom stereocenters. The first-order valence-electron chi connectivity index (χ1n) is 15.7. The second kappa shape index (κ2) is 13.1. The molecule has 0 aromatic heterocycles. The molecule has 1 spiro atoms. The summed E-state index contributed by atoms with van der Waals surface area (Å²) in [6, 6.07) is 15.0. The molecule has 7 atom stereocenters. The normalized spacial score (nSPS) is 30.2. The molecule has 3 N–H and O–H groups in total. The lowest BCUT2D eigenvalue weighted by molar-refractivity contribution is -0.142. The number of amides is 3. The number of thioether (sulfide) groups is 1. The first-order chi connectivity index (χ1) is 21.4. The minimum absolute atomic E-state index is 0.0242. The second-order valence-electron chi connectivity index (χ2n) is 12.1. The van der Waals surface area contributed by atoms with Gasteiger partial charge in [-0.15, -0.1) is 11.8 Å². The molecule has 4 aliphatic rings. The number of hydrogen-bond acceptors (Lipinski definition) is 8. The number of carbonyl (C=O) groups is 3. The van der Waals surface area contributed by atoms with E-state index in [-0.39, 0.29) is 35.5 Å². The summed E-state index contributed by atoms with van der Waals surface area (Å²) in [6.45, 7) is 8.34. The maximum atomic E-state index is 14.6. The largest absolute Gasteiger partial charge is 0.494 e. The zero-order valence-corrected chi connectivity index (χ0v) is 26.1. The lowest BCUT2D eigenvalue weighted by Gasteiger charge is -2.40. The van der Waals surface area contributed by atoms with Crippen molar-refractivity contribution in [3.05, 3.63) is 60.2 Å². The Morgan fingerprint density at radius 3 is 2.52 bits per heavy atom. The van der Waals surface area contributed by atoms with Crippen molar-refractivity contribution < 1.29 is 29.0 Å². The van der Waals surface area contributed by atoms with Crippen molar-refractivity contribution in [1.29, 1.82) is 0 Å². The van der Waals surface area contributed by atoms with Gasteiger partial charge in [0.25, 0.3) is 0 Å². The number of hydrogen-bond donors (Lipinski definition) is 3. The predicted molar refractivity (Wildman–Crippen MR) is 168 cm³/mol. The number of nitrogens with one attached hydrogen (secondary N) is 2. The Kier molecular flexibility index (Phi) is 9.18. The minimum Gasteiger partial charge on any atom is -0.494 e. The number of benzene rings is 2. The van der Waals surface area contributed by atoms with E-state index in [1.54, 1.807) is 28.8 Å². The summed E-state index contributed by atoms with van der Waals surface area (Å²) in [5.74, 6) is -1.22. The fraction of sp³-hybridized carbons (Fsp3) is 0.545. The van der Waals surface area contributed by atoms with Crippen LogP contribution in [0, 0.1) is 17.8 Å². The van der Waals surface area contributed by atoms with Crippen LogP contribution in [0.1, 0.15) is 31.9 Å². The Morgan fingerprint density at radius 2 is 1.84 bits per heavy atom. The number of nitrogens with zero attached hydrogens (tertiary/aromatic N) is 2. The standard InChI is InChI=1S/C33H42N4O6S/c1-3-43-24-11-9-23(10-12-24)35-30(39)27-26-19-21(2)33(44-26)28(27)32(41)37(25(20-38)22-7-5-4-6-8-22)29(33)31(40)34-13-14-36-15-17-42-18-16-36/h4-12,21,25-29,38H,3,13-20H2,1-2H3,(H,34,40)(H,35,39)/t21?,25-,26+,27-,28+,29?,33?/m1/s1. The highest BCUT2D eigenvalue weighted by Crippen LogP contribution is 2.69. The number of aliphatic hydroxyl groups is 1. The van der Waals surface area contributed by atoms with Crippen molar-refractivity contribution in [3.8, 4) is 5.75 Å². The summed E-state index contributed by atoms with van der Waals surface area (Å²) < 4.78 is 10.2. The fourth-order valence-electron chi connectivity index (χ4n) is 7.71. The van der Waals surface area contributed by atoms with Crippen molar-refractivity contribution in [2.24, 2.45) is 17.8 Å².